The fraction of sp³-hybridized carbons (Fsp3) is 0.278. The molecule has 0 saturated carbocycles. The number of carboxylic acids is 1. The number of carbonyl (C=O) groups excluding carboxylic acids is 1. The number of carboxylic acid groups (broad SMARTS) is 1. The lowest BCUT2D eigenvalue weighted by molar-refractivity contribution is -0.306. The molecule has 0 unspecified atom stereocenters. The molecule has 0 bridgehead atoms. The molecule has 122 valence electrons. The number of aromatic nitrogens is 2. The third-order valence-electron chi connectivity index (χ3n) is 4.38. The Morgan fingerprint density at radius 1 is 1.25 bits per heavy atom. The molecular weight excluding hydrogens is 322 g/mol. The van der Waals surface area contributed by atoms with Gasteiger partial charge in [0.15, 0.2) is 0 Å². The second kappa shape index (κ2) is 6.20. The number of nitrogens with zero attached hydrogens (tertiary/aromatic N) is 2. The van der Waals surface area contributed by atoms with E-state index in [4.69, 9.17) is 0 Å². The highest BCUT2D eigenvalue weighted by atomic mass is 32.1. The predicted octanol–water partition coefficient (Wildman–Crippen LogP) is 1.95. The molecule has 0 radical (unpaired) electrons. The summed E-state index contributed by atoms with van der Waals surface area (Å²) in [5.74, 6) is -0.526. The van der Waals surface area contributed by atoms with Crippen LogP contribution >= 0.6 is 11.3 Å². The van der Waals surface area contributed by atoms with Crippen molar-refractivity contribution < 1.29 is 9.90 Å². The second-order valence-electron chi connectivity index (χ2n) is 5.97. The van der Waals surface area contributed by atoms with E-state index in [0.717, 1.165) is 35.0 Å². The van der Waals surface area contributed by atoms with E-state index in [-0.39, 0.29) is 0 Å². The van der Waals surface area contributed by atoms with E-state index in [1.54, 1.807) is 11.3 Å². The first-order chi connectivity index (χ1) is 11.7. The average molecular weight is 338 g/mol. The molecule has 4 rings (SSSR count). The Bertz CT molecular complexity index is 892. The largest absolute Gasteiger partial charge is 0.548 e. The summed E-state index contributed by atoms with van der Waals surface area (Å²) in [7, 11) is 0. The molecule has 1 aromatic carbocycles. The third kappa shape index (κ3) is 2.73. The van der Waals surface area contributed by atoms with Crippen molar-refractivity contribution in [3.05, 3.63) is 52.7 Å². The van der Waals surface area contributed by atoms with Crippen LogP contribution in [0.5, 0.6) is 0 Å². The number of hydrogen-bond donors (Lipinski definition) is 1. The normalized spacial score (nSPS) is 14.5. The van der Waals surface area contributed by atoms with Crippen molar-refractivity contribution in [2.45, 2.75) is 31.7 Å². The molecule has 5 nitrogen and oxygen atoms in total. The number of hydrogen-bond acceptors (Lipinski definition) is 6. The van der Waals surface area contributed by atoms with Crippen LogP contribution in [0.4, 0.5) is 5.82 Å². The van der Waals surface area contributed by atoms with Gasteiger partial charge in [-0.1, -0.05) is 30.3 Å². The van der Waals surface area contributed by atoms with Crippen molar-refractivity contribution in [2.24, 2.45) is 0 Å². The summed E-state index contributed by atoms with van der Waals surface area (Å²) in [6.45, 7) is 0. The van der Waals surface area contributed by atoms with Crippen LogP contribution in [0.1, 0.15) is 22.4 Å². The predicted molar refractivity (Wildman–Crippen MR) is 92.0 cm³/mol. The van der Waals surface area contributed by atoms with Gasteiger partial charge in [-0.2, -0.15) is 0 Å². The van der Waals surface area contributed by atoms with Gasteiger partial charge in [-0.15, -0.1) is 11.3 Å². The van der Waals surface area contributed by atoms with Gasteiger partial charge in [-0.3, -0.25) is 0 Å². The van der Waals surface area contributed by atoms with E-state index in [1.165, 1.54) is 16.8 Å². The third-order valence-corrected chi connectivity index (χ3v) is 5.58. The molecule has 0 amide bonds. The first kappa shape index (κ1) is 15.1. The fourth-order valence-electron chi connectivity index (χ4n) is 3.25. The molecule has 1 atom stereocenters. The minimum atomic E-state index is -1.13. The number of carbonyl (C=O) groups is 1. The molecule has 0 saturated heterocycles. The molecule has 2 aromatic heterocycles. The molecule has 0 spiro atoms. The zero-order valence-electron chi connectivity index (χ0n) is 13.0. The number of aryl methyl sites for hydroxylation is 2. The SMILES string of the molecule is O=C([O-])[C@@H](Cc1ccccc1)Nc1ncnc2sc3c(c12)CCC3. The Balaban J connectivity index is 1.68. The van der Waals surface area contributed by atoms with E-state index in [9.17, 15) is 9.90 Å². The van der Waals surface area contributed by atoms with Crippen LogP contribution in [-0.4, -0.2) is 22.0 Å². The highest BCUT2D eigenvalue weighted by molar-refractivity contribution is 7.19. The van der Waals surface area contributed by atoms with E-state index >= 15 is 0 Å². The number of thiophene rings is 1. The van der Waals surface area contributed by atoms with Gasteiger partial charge in [-0.25, -0.2) is 9.97 Å². The monoisotopic (exact) mass is 338 g/mol. The number of fused-ring (bicyclic) bond motifs is 3. The standard InChI is InChI=1S/C18H17N3O2S/c22-18(23)13(9-11-5-2-1-3-6-11)21-16-15-12-7-4-8-14(12)24-17(15)20-10-19-16/h1-3,5-6,10,13H,4,7-9H2,(H,22,23)(H,19,20,21)/p-1/t13-/m1/s1. The highest BCUT2D eigenvalue weighted by Gasteiger charge is 2.22. The van der Waals surface area contributed by atoms with Gasteiger partial charge >= 0.3 is 0 Å². The summed E-state index contributed by atoms with van der Waals surface area (Å²) < 4.78 is 0. The van der Waals surface area contributed by atoms with Crippen molar-refractivity contribution in [3.63, 3.8) is 0 Å². The van der Waals surface area contributed by atoms with Crippen molar-refractivity contribution in [2.75, 3.05) is 5.32 Å². The Kier molecular flexibility index (Phi) is 3.90. The number of anilines is 1. The zero-order chi connectivity index (χ0) is 16.5. The summed E-state index contributed by atoms with van der Waals surface area (Å²) in [6, 6.07) is 8.70. The topological polar surface area (TPSA) is 77.9 Å². The van der Waals surface area contributed by atoms with Crippen LogP contribution in [-0.2, 0) is 24.1 Å². The molecule has 0 aliphatic heterocycles. The Morgan fingerprint density at radius 2 is 2.08 bits per heavy atom. The number of nitrogens with one attached hydrogen (secondary N) is 1. The van der Waals surface area contributed by atoms with Crippen LogP contribution < -0.4 is 10.4 Å². The molecular formula is C18H16N3O2S-. The summed E-state index contributed by atoms with van der Waals surface area (Å²) in [6.07, 6.45) is 5.06. The number of aliphatic carboxylic acids is 1. The molecule has 2 heterocycles. The first-order valence-corrected chi connectivity index (χ1v) is 8.80. The van der Waals surface area contributed by atoms with Gasteiger partial charge in [0.05, 0.1) is 17.4 Å². The lowest BCUT2D eigenvalue weighted by atomic mass is 10.1. The number of benzene rings is 1. The Hall–Kier alpha value is -2.47. The van der Waals surface area contributed by atoms with Crippen molar-refractivity contribution >= 4 is 33.3 Å². The van der Waals surface area contributed by atoms with E-state index in [2.05, 4.69) is 15.3 Å². The fourth-order valence-corrected chi connectivity index (χ4v) is 4.48. The zero-order valence-corrected chi connectivity index (χ0v) is 13.8. The summed E-state index contributed by atoms with van der Waals surface area (Å²) in [5, 5.41) is 15.7. The summed E-state index contributed by atoms with van der Waals surface area (Å²) in [4.78, 5) is 22.5. The Morgan fingerprint density at radius 3 is 2.88 bits per heavy atom. The second-order valence-corrected chi connectivity index (χ2v) is 7.05. The van der Waals surface area contributed by atoms with Gasteiger partial charge in [-0.05, 0) is 36.8 Å². The van der Waals surface area contributed by atoms with Crippen LogP contribution in [0.25, 0.3) is 10.2 Å². The van der Waals surface area contributed by atoms with Crippen molar-refractivity contribution in [3.8, 4) is 0 Å². The Labute approximate surface area is 143 Å². The van der Waals surface area contributed by atoms with E-state index in [1.807, 2.05) is 30.3 Å². The number of rotatable bonds is 5. The van der Waals surface area contributed by atoms with Gasteiger partial charge in [0.2, 0.25) is 0 Å². The molecule has 3 aromatic rings. The first-order valence-electron chi connectivity index (χ1n) is 7.99. The van der Waals surface area contributed by atoms with Gasteiger partial charge in [0.1, 0.15) is 17.0 Å². The summed E-state index contributed by atoms with van der Waals surface area (Å²) >= 11 is 1.69. The lowest BCUT2D eigenvalue weighted by Gasteiger charge is -2.21. The summed E-state index contributed by atoms with van der Waals surface area (Å²) in [5.41, 5.74) is 2.22. The van der Waals surface area contributed by atoms with Crippen LogP contribution in [0.15, 0.2) is 36.7 Å². The van der Waals surface area contributed by atoms with Gasteiger partial charge < -0.3 is 15.2 Å². The molecule has 0 fully saturated rings. The van der Waals surface area contributed by atoms with Crippen molar-refractivity contribution in [1.82, 2.24) is 9.97 Å². The molecule has 1 aliphatic carbocycles. The van der Waals surface area contributed by atoms with Gasteiger partial charge in [0.25, 0.3) is 0 Å². The molecule has 1 aliphatic rings. The minimum absolute atomic E-state index is 0.348. The van der Waals surface area contributed by atoms with Crippen LogP contribution in [0.3, 0.4) is 0 Å². The molecule has 1 N–H and O–H groups in total. The average Bonchev–Trinajstić information content (AvgIpc) is 3.16. The van der Waals surface area contributed by atoms with Crippen molar-refractivity contribution in [1.29, 1.82) is 0 Å². The van der Waals surface area contributed by atoms with E-state index < -0.39 is 12.0 Å². The molecule has 24 heavy (non-hydrogen) atoms. The molecule has 6 heteroatoms. The van der Waals surface area contributed by atoms with Crippen LogP contribution in [0.2, 0.25) is 0 Å². The maximum Gasteiger partial charge on any atom is 0.138 e. The van der Waals surface area contributed by atoms with Gasteiger partial charge in [0, 0.05) is 4.88 Å². The van der Waals surface area contributed by atoms with E-state index in [0.29, 0.717) is 12.2 Å². The van der Waals surface area contributed by atoms with Crippen LogP contribution in [0, 0.1) is 0 Å². The smallest absolute Gasteiger partial charge is 0.138 e. The quantitative estimate of drug-likeness (QED) is 0.769. The minimum Gasteiger partial charge on any atom is -0.548 e. The maximum absolute atomic E-state index is 11.6. The highest BCUT2D eigenvalue weighted by Crippen LogP contribution is 2.39. The lowest BCUT2D eigenvalue weighted by Crippen LogP contribution is -2.42. The maximum atomic E-state index is 11.6.